The van der Waals surface area contributed by atoms with E-state index in [4.69, 9.17) is 4.74 Å². The maximum absolute atomic E-state index is 14.1. The van der Waals surface area contributed by atoms with Crippen LogP contribution in [0.3, 0.4) is 0 Å². The third kappa shape index (κ3) is 7.34. The molecule has 0 aliphatic carbocycles. The lowest BCUT2D eigenvalue weighted by Gasteiger charge is -2.15. The number of carbonyl (C=O) groups excluding carboxylic acids is 1. The molecule has 0 bridgehead atoms. The first-order chi connectivity index (χ1) is 22.7. The third-order valence-electron chi connectivity index (χ3n) is 7.25. The van der Waals surface area contributed by atoms with E-state index in [1.807, 2.05) is 63.2 Å². The molecule has 11 nitrogen and oxygen atoms in total. The average molecular weight is 633 g/mol. The Bertz CT molecular complexity index is 2040. The molecule has 238 valence electrons. The van der Waals surface area contributed by atoms with E-state index in [9.17, 15) is 14.3 Å². The molecule has 2 amide bonds. The number of nitrogens with zero attached hydrogens (tertiary/aromatic N) is 5. The number of ether oxygens (including phenoxy) is 1. The van der Waals surface area contributed by atoms with Crippen LogP contribution in [0.2, 0.25) is 0 Å². The number of halogens is 1. The van der Waals surface area contributed by atoms with Gasteiger partial charge in [-0.2, -0.15) is 5.10 Å². The maximum Gasteiger partial charge on any atom is 0.324 e. The van der Waals surface area contributed by atoms with Crippen molar-refractivity contribution in [3.8, 4) is 11.4 Å². The predicted molar refractivity (Wildman–Crippen MR) is 179 cm³/mol. The van der Waals surface area contributed by atoms with Gasteiger partial charge < -0.3 is 20.5 Å². The molecule has 12 heteroatoms. The molecule has 6 rings (SSSR count). The summed E-state index contributed by atoms with van der Waals surface area (Å²) in [7, 11) is 0. The molecular formula is C35H33FN8O3. The van der Waals surface area contributed by atoms with Gasteiger partial charge in [-0.15, -0.1) is 0 Å². The average Bonchev–Trinajstić information content (AvgIpc) is 3.49. The number of rotatable bonds is 9. The minimum atomic E-state index is -0.477. The molecule has 6 aromatic rings. The summed E-state index contributed by atoms with van der Waals surface area (Å²) in [5.41, 5.74) is 2.87. The monoisotopic (exact) mass is 632 g/mol. The number of hydrogen-bond acceptors (Lipinski definition) is 8. The minimum absolute atomic E-state index is 0.180. The molecule has 3 heterocycles. The molecule has 0 unspecified atom stereocenters. The first-order valence-electron chi connectivity index (χ1n) is 14.9. The zero-order valence-electron chi connectivity index (χ0n) is 26.0. The van der Waals surface area contributed by atoms with Crippen molar-refractivity contribution >= 4 is 39.9 Å². The van der Waals surface area contributed by atoms with Crippen molar-refractivity contribution in [3.63, 3.8) is 0 Å². The lowest BCUT2D eigenvalue weighted by molar-refractivity contribution is 0.262. The number of aliphatic hydroxyl groups excluding tert-OH is 1. The highest BCUT2D eigenvalue weighted by Crippen LogP contribution is 2.33. The van der Waals surface area contributed by atoms with Crippen molar-refractivity contribution in [1.82, 2.24) is 24.7 Å². The van der Waals surface area contributed by atoms with E-state index in [2.05, 4.69) is 36.0 Å². The SMILES string of the molecule is CC(C)(C)c1cc(NC(=O)Nc2ccc(OCc3ccnc(Nc4cnc(CO)cn4)c3)c3ccccc23)n(-c2cccc(F)c2)n1. The summed E-state index contributed by atoms with van der Waals surface area (Å²) in [5, 5.41) is 24.4. The van der Waals surface area contributed by atoms with Gasteiger partial charge in [0.15, 0.2) is 0 Å². The first kappa shape index (κ1) is 31.1. The molecule has 0 aliphatic rings. The van der Waals surface area contributed by atoms with E-state index in [1.165, 1.54) is 29.2 Å². The maximum atomic E-state index is 14.1. The zero-order chi connectivity index (χ0) is 33.0. The van der Waals surface area contributed by atoms with Crippen LogP contribution in [0.4, 0.5) is 32.3 Å². The highest BCUT2D eigenvalue weighted by Gasteiger charge is 2.22. The Kier molecular flexibility index (Phi) is 8.76. The van der Waals surface area contributed by atoms with Crippen LogP contribution in [-0.4, -0.2) is 35.9 Å². The number of carbonyl (C=O) groups is 1. The largest absolute Gasteiger partial charge is 0.488 e. The molecule has 0 spiro atoms. The van der Waals surface area contributed by atoms with E-state index in [0.29, 0.717) is 40.3 Å². The van der Waals surface area contributed by atoms with Gasteiger partial charge in [0.05, 0.1) is 41.8 Å². The zero-order valence-corrected chi connectivity index (χ0v) is 26.0. The van der Waals surface area contributed by atoms with Gasteiger partial charge >= 0.3 is 6.03 Å². The predicted octanol–water partition coefficient (Wildman–Crippen LogP) is 7.11. The van der Waals surface area contributed by atoms with E-state index in [0.717, 1.165) is 22.0 Å². The van der Waals surface area contributed by atoms with Gasteiger partial charge in [0.25, 0.3) is 0 Å². The Morgan fingerprint density at radius 2 is 1.72 bits per heavy atom. The van der Waals surface area contributed by atoms with Gasteiger partial charge in [-0.3, -0.25) is 10.3 Å². The quantitative estimate of drug-likeness (QED) is 0.132. The Balaban J connectivity index is 1.18. The lowest BCUT2D eigenvalue weighted by Crippen LogP contribution is -2.21. The molecule has 3 aromatic heterocycles. The Hall–Kier alpha value is -5.88. The number of benzene rings is 3. The Labute approximate surface area is 270 Å². The summed E-state index contributed by atoms with van der Waals surface area (Å²) in [6.45, 7) is 6.14. The van der Waals surface area contributed by atoms with Crippen molar-refractivity contribution in [2.75, 3.05) is 16.0 Å². The second-order valence-corrected chi connectivity index (χ2v) is 11.8. The standard InChI is InChI=1S/C35H33FN8O3/c1-35(2,3)30-17-33(44(43-30)25-8-6-7-23(36)16-25)42-34(46)40-28-11-12-29(27-10-5-4-9-26(27)28)47-21-22-13-14-37-31(15-22)41-32-19-38-24(20-45)18-39-32/h4-19,45H,20-21H2,1-3H3,(H,37,39,41)(H2,40,42,46). The van der Waals surface area contributed by atoms with Crippen LogP contribution in [0.25, 0.3) is 16.5 Å². The Morgan fingerprint density at radius 3 is 2.47 bits per heavy atom. The molecule has 0 fully saturated rings. The van der Waals surface area contributed by atoms with E-state index in [1.54, 1.807) is 30.5 Å². The van der Waals surface area contributed by atoms with E-state index in [-0.39, 0.29) is 18.6 Å². The first-order valence-corrected chi connectivity index (χ1v) is 14.9. The van der Waals surface area contributed by atoms with Gasteiger partial charge in [0, 0.05) is 28.5 Å². The second-order valence-electron chi connectivity index (χ2n) is 11.8. The highest BCUT2D eigenvalue weighted by atomic mass is 19.1. The summed E-state index contributed by atoms with van der Waals surface area (Å²) in [6.07, 6.45) is 4.69. The fourth-order valence-electron chi connectivity index (χ4n) is 4.84. The van der Waals surface area contributed by atoms with Crippen molar-refractivity contribution in [1.29, 1.82) is 0 Å². The molecule has 0 saturated heterocycles. The second kappa shape index (κ2) is 13.2. The Morgan fingerprint density at radius 1 is 0.894 bits per heavy atom. The molecule has 0 saturated carbocycles. The molecule has 4 N–H and O–H groups in total. The van der Waals surface area contributed by atoms with Gasteiger partial charge in [-0.1, -0.05) is 51.1 Å². The number of urea groups is 1. The van der Waals surface area contributed by atoms with Crippen LogP contribution in [0.15, 0.2) is 97.5 Å². The summed E-state index contributed by atoms with van der Waals surface area (Å²) in [4.78, 5) is 26.0. The van der Waals surface area contributed by atoms with Gasteiger partial charge in [0.1, 0.15) is 35.6 Å². The number of anilines is 4. The van der Waals surface area contributed by atoms with Gasteiger partial charge in [-0.05, 0) is 48.0 Å². The normalized spacial score (nSPS) is 11.3. The van der Waals surface area contributed by atoms with E-state index >= 15 is 0 Å². The van der Waals surface area contributed by atoms with Crippen molar-refractivity contribution < 1.29 is 19.0 Å². The fourth-order valence-corrected chi connectivity index (χ4v) is 4.84. The van der Waals surface area contributed by atoms with Gasteiger partial charge in [0.2, 0.25) is 0 Å². The van der Waals surface area contributed by atoms with Crippen LogP contribution in [0, 0.1) is 5.82 Å². The molecule has 0 atom stereocenters. The summed E-state index contributed by atoms with van der Waals surface area (Å²) in [6, 6.07) is 22.3. The number of hydrogen-bond donors (Lipinski definition) is 4. The molecule has 3 aromatic carbocycles. The van der Waals surface area contributed by atoms with Crippen LogP contribution in [0.5, 0.6) is 5.75 Å². The number of pyridine rings is 1. The minimum Gasteiger partial charge on any atom is -0.488 e. The van der Waals surface area contributed by atoms with Crippen LogP contribution >= 0.6 is 0 Å². The summed E-state index contributed by atoms with van der Waals surface area (Å²) in [5.74, 6) is 1.71. The molecule has 47 heavy (non-hydrogen) atoms. The lowest BCUT2D eigenvalue weighted by atomic mass is 9.92. The number of aliphatic hydroxyl groups is 1. The summed E-state index contributed by atoms with van der Waals surface area (Å²) < 4.78 is 21.8. The number of nitrogens with one attached hydrogen (secondary N) is 3. The van der Waals surface area contributed by atoms with Crippen molar-refractivity contribution in [2.45, 2.75) is 39.4 Å². The number of fused-ring (bicyclic) bond motifs is 1. The smallest absolute Gasteiger partial charge is 0.324 e. The topological polar surface area (TPSA) is 139 Å². The molecular weight excluding hydrogens is 599 g/mol. The molecule has 0 radical (unpaired) electrons. The van der Waals surface area contributed by atoms with E-state index < -0.39 is 11.8 Å². The fraction of sp³-hybridized carbons (Fsp3) is 0.171. The summed E-state index contributed by atoms with van der Waals surface area (Å²) >= 11 is 0. The van der Waals surface area contributed by atoms with Gasteiger partial charge in [-0.25, -0.2) is 23.8 Å². The third-order valence-corrected chi connectivity index (χ3v) is 7.25. The van der Waals surface area contributed by atoms with Crippen molar-refractivity contribution in [2.24, 2.45) is 0 Å². The molecule has 0 aliphatic heterocycles. The van der Waals surface area contributed by atoms with Crippen molar-refractivity contribution in [3.05, 3.63) is 120 Å². The van der Waals surface area contributed by atoms with Crippen LogP contribution < -0.4 is 20.7 Å². The number of aromatic nitrogens is 5. The number of amides is 2. The van der Waals surface area contributed by atoms with Crippen LogP contribution in [-0.2, 0) is 18.6 Å². The highest BCUT2D eigenvalue weighted by molar-refractivity contribution is 6.07. The van der Waals surface area contributed by atoms with Crippen LogP contribution in [0.1, 0.15) is 37.7 Å².